The largest absolute Gasteiger partial charge is 0.378 e. The second kappa shape index (κ2) is 5.44. The number of aryl methyl sites for hydroxylation is 1. The highest BCUT2D eigenvalue weighted by Crippen LogP contribution is 2.20. The number of hydrogen-bond acceptors (Lipinski definition) is 2. The summed E-state index contributed by atoms with van der Waals surface area (Å²) in [6.45, 7) is 1.91. The van der Waals surface area contributed by atoms with E-state index < -0.39 is 11.6 Å². The van der Waals surface area contributed by atoms with Crippen LogP contribution in [0.5, 0.6) is 0 Å². The van der Waals surface area contributed by atoms with E-state index in [2.05, 4.69) is 26.2 Å². The number of anilines is 1. The van der Waals surface area contributed by atoms with Gasteiger partial charge < -0.3 is 5.32 Å². The lowest BCUT2D eigenvalue weighted by atomic mass is 10.2. The molecule has 2 aromatic rings. The minimum atomic E-state index is -0.461. The summed E-state index contributed by atoms with van der Waals surface area (Å²) < 4.78 is 27.7. The molecule has 0 fully saturated rings. The predicted molar refractivity (Wildman–Crippen MR) is 70.4 cm³/mol. The van der Waals surface area contributed by atoms with Crippen molar-refractivity contribution >= 4 is 21.6 Å². The molecule has 0 amide bonds. The van der Waals surface area contributed by atoms with E-state index in [4.69, 9.17) is 0 Å². The van der Waals surface area contributed by atoms with Gasteiger partial charge >= 0.3 is 0 Å². The van der Waals surface area contributed by atoms with Crippen molar-refractivity contribution in [2.75, 3.05) is 5.32 Å². The van der Waals surface area contributed by atoms with Crippen LogP contribution in [-0.4, -0.2) is 4.98 Å². The van der Waals surface area contributed by atoms with Crippen molar-refractivity contribution in [1.29, 1.82) is 0 Å². The van der Waals surface area contributed by atoms with Crippen molar-refractivity contribution in [2.45, 2.75) is 13.5 Å². The zero-order valence-electron chi connectivity index (χ0n) is 9.67. The van der Waals surface area contributed by atoms with Crippen molar-refractivity contribution in [1.82, 2.24) is 4.98 Å². The van der Waals surface area contributed by atoms with Crippen LogP contribution in [0.15, 0.2) is 35.1 Å². The SMILES string of the molecule is Cc1cc(F)c(NCc2cncc(Br)c2)cc1F. The number of aromatic nitrogens is 1. The van der Waals surface area contributed by atoms with Gasteiger partial charge in [0.25, 0.3) is 0 Å². The summed E-state index contributed by atoms with van der Waals surface area (Å²) in [5.41, 5.74) is 1.32. The number of rotatable bonds is 3. The average Bonchev–Trinajstić information content (AvgIpc) is 2.32. The zero-order chi connectivity index (χ0) is 13.1. The monoisotopic (exact) mass is 312 g/mol. The number of nitrogens with one attached hydrogen (secondary N) is 1. The number of halogens is 3. The maximum Gasteiger partial charge on any atom is 0.146 e. The molecule has 0 saturated heterocycles. The van der Waals surface area contributed by atoms with Crippen LogP contribution in [0.2, 0.25) is 0 Å². The molecular weight excluding hydrogens is 302 g/mol. The Labute approximate surface area is 112 Å². The van der Waals surface area contributed by atoms with Crippen molar-refractivity contribution in [2.24, 2.45) is 0 Å². The number of hydrogen-bond donors (Lipinski definition) is 1. The Morgan fingerprint density at radius 2 is 1.94 bits per heavy atom. The summed E-state index contributed by atoms with van der Waals surface area (Å²) in [4.78, 5) is 4.00. The molecule has 2 rings (SSSR count). The first-order valence-corrected chi connectivity index (χ1v) is 6.14. The Balaban J connectivity index is 2.13. The fraction of sp³-hybridized carbons (Fsp3) is 0.154. The Bertz CT molecular complexity index is 573. The molecule has 0 aliphatic carbocycles. The molecule has 0 saturated carbocycles. The van der Waals surface area contributed by atoms with Gasteiger partial charge in [0.1, 0.15) is 11.6 Å². The number of benzene rings is 1. The molecule has 0 aliphatic rings. The molecule has 1 heterocycles. The smallest absolute Gasteiger partial charge is 0.146 e. The third-order valence-corrected chi connectivity index (χ3v) is 2.93. The van der Waals surface area contributed by atoms with Crippen molar-refractivity contribution in [3.63, 3.8) is 0 Å². The highest BCUT2D eigenvalue weighted by Gasteiger charge is 2.07. The summed E-state index contributed by atoms with van der Waals surface area (Å²) in [5, 5.41) is 2.85. The highest BCUT2D eigenvalue weighted by atomic mass is 79.9. The fourth-order valence-electron chi connectivity index (χ4n) is 1.53. The van der Waals surface area contributed by atoms with Gasteiger partial charge in [-0.15, -0.1) is 0 Å². The molecule has 18 heavy (non-hydrogen) atoms. The first kappa shape index (κ1) is 13.0. The van der Waals surface area contributed by atoms with Crippen LogP contribution < -0.4 is 5.32 Å². The lowest BCUT2D eigenvalue weighted by Crippen LogP contribution is -2.03. The maximum absolute atomic E-state index is 13.6. The Hall–Kier alpha value is -1.49. The molecule has 5 heteroatoms. The Morgan fingerprint density at radius 3 is 2.67 bits per heavy atom. The zero-order valence-corrected chi connectivity index (χ0v) is 11.3. The van der Waals surface area contributed by atoms with Crippen LogP contribution in [0.3, 0.4) is 0 Å². The molecule has 1 aromatic heterocycles. The van der Waals surface area contributed by atoms with Crippen molar-refractivity contribution < 1.29 is 8.78 Å². The van der Waals surface area contributed by atoms with Crippen LogP contribution >= 0.6 is 15.9 Å². The second-order valence-corrected chi connectivity index (χ2v) is 4.86. The lowest BCUT2D eigenvalue weighted by molar-refractivity contribution is 0.594. The minimum absolute atomic E-state index is 0.151. The Morgan fingerprint density at radius 1 is 1.17 bits per heavy atom. The summed E-state index contributed by atoms with van der Waals surface area (Å²) in [6, 6.07) is 4.20. The summed E-state index contributed by atoms with van der Waals surface area (Å²) in [6.07, 6.45) is 3.33. The molecular formula is C13H11BrF2N2. The van der Waals surface area contributed by atoms with E-state index >= 15 is 0 Å². The van der Waals surface area contributed by atoms with E-state index in [9.17, 15) is 8.78 Å². The predicted octanol–water partition coefficient (Wildman–Crippen LogP) is 4.04. The normalized spacial score (nSPS) is 10.4. The molecule has 0 radical (unpaired) electrons. The molecule has 2 nitrogen and oxygen atoms in total. The van der Waals surface area contributed by atoms with E-state index in [-0.39, 0.29) is 5.69 Å². The Kier molecular flexibility index (Phi) is 3.91. The van der Waals surface area contributed by atoms with E-state index in [1.165, 1.54) is 13.0 Å². The highest BCUT2D eigenvalue weighted by molar-refractivity contribution is 9.10. The van der Waals surface area contributed by atoms with Crippen LogP contribution in [0.1, 0.15) is 11.1 Å². The van der Waals surface area contributed by atoms with Gasteiger partial charge in [-0.1, -0.05) is 0 Å². The van der Waals surface area contributed by atoms with Crippen molar-refractivity contribution in [3.8, 4) is 0 Å². The van der Waals surface area contributed by atoms with Gasteiger partial charge in [0, 0.05) is 29.5 Å². The first-order valence-electron chi connectivity index (χ1n) is 5.35. The first-order chi connectivity index (χ1) is 8.56. The maximum atomic E-state index is 13.6. The third kappa shape index (κ3) is 3.04. The molecule has 0 unspecified atom stereocenters. The van der Waals surface area contributed by atoms with Gasteiger partial charge in [-0.2, -0.15) is 0 Å². The van der Waals surface area contributed by atoms with Gasteiger partial charge in [0.2, 0.25) is 0 Å². The summed E-state index contributed by atoms with van der Waals surface area (Å²) in [7, 11) is 0. The van der Waals surface area contributed by atoms with E-state index in [0.717, 1.165) is 16.1 Å². The number of nitrogens with zero attached hydrogens (tertiary/aromatic N) is 1. The van der Waals surface area contributed by atoms with Crippen LogP contribution in [-0.2, 0) is 6.54 Å². The van der Waals surface area contributed by atoms with Gasteiger partial charge in [0.05, 0.1) is 5.69 Å². The molecule has 0 bridgehead atoms. The fourth-order valence-corrected chi connectivity index (χ4v) is 1.94. The molecule has 1 N–H and O–H groups in total. The number of pyridine rings is 1. The van der Waals surface area contributed by atoms with Gasteiger partial charge in [-0.3, -0.25) is 4.98 Å². The molecule has 94 valence electrons. The molecule has 0 atom stereocenters. The third-order valence-electron chi connectivity index (χ3n) is 2.49. The van der Waals surface area contributed by atoms with E-state index in [1.54, 1.807) is 12.4 Å². The second-order valence-electron chi connectivity index (χ2n) is 3.95. The topological polar surface area (TPSA) is 24.9 Å². The van der Waals surface area contributed by atoms with Gasteiger partial charge in [0.15, 0.2) is 0 Å². The molecule has 1 aromatic carbocycles. The standard InChI is InChI=1S/C13H11BrF2N2/c1-8-2-12(16)13(4-11(8)15)18-6-9-3-10(14)7-17-5-9/h2-5,7,18H,6H2,1H3. The summed E-state index contributed by atoms with van der Waals surface area (Å²) >= 11 is 3.30. The summed E-state index contributed by atoms with van der Waals surface area (Å²) in [5.74, 6) is -0.886. The van der Waals surface area contributed by atoms with Crippen LogP contribution in [0.25, 0.3) is 0 Å². The van der Waals surface area contributed by atoms with Crippen LogP contribution in [0.4, 0.5) is 14.5 Å². The molecule has 0 spiro atoms. The molecule has 0 aliphatic heterocycles. The van der Waals surface area contributed by atoms with Gasteiger partial charge in [-0.25, -0.2) is 8.78 Å². The van der Waals surface area contributed by atoms with Crippen molar-refractivity contribution in [3.05, 3.63) is 57.8 Å². The minimum Gasteiger partial charge on any atom is -0.378 e. The quantitative estimate of drug-likeness (QED) is 0.925. The lowest BCUT2D eigenvalue weighted by Gasteiger charge is -2.09. The average molecular weight is 313 g/mol. The van der Waals surface area contributed by atoms with Gasteiger partial charge in [-0.05, 0) is 46.1 Å². The van der Waals surface area contributed by atoms with E-state index in [0.29, 0.717) is 12.1 Å². The van der Waals surface area contributed by atoms with E-state index in [1.807, 2.05) is 6.07 Å². The van der Waals surface area contributed by atoms with Crippen LogP contribution in [0, 0.1) is 18.6 Å².